The minimum absolute atomic E-state index is 0.126. The summed E-state index contributed by atoms with van der Waals surface area (Å²) in [5.41, 5.74) is 0.573. The first-order valence-corrected chi connectivity index (χ1v) is 7.97. The molecule has 0 aliphatic carbocycles. The van der Waals surface area contributed by atoms with Crippen LogP contribution in [0.15, 0.2) is 18.2 Å². The molecular formula is C11H16Cl2N2O2S. The van der Waals surface area contributed by atoms with Crippen molar-refractivity contribution >= 4 is 33.2 Å². The van der Waals surface area contributed by atoms with E-state index in [1.54, 1.807) is 18.2 Å². The number of hydrogen-bond donors (Lipinski definition) is 2. The Morgan fingerprint density at radius 3 is 2.28 bits per heavy atom. The Hall–Kier alpha value is -0.330. The van der Waals surface area contributed by atoms with Crippen molar-refractivity contribution in [2.45, 2.75) is 12.7 Å². The van der Waals surface area contributed by atoms with Crippen molar-refractivity contribution in [2.24, 2.45) is 0 Å². The average Bonchev–Trinajstić information content (AvgIpc) is 2.22. The summed E-state index contributed by atoms with van der Waals surface area (Å²) in [4.78, 5) is 0. The third kappa shape index (κ3) is 6.02. The van der Waals surface area contributed by atoms with Crippen molar-refractivity contribution in [3.05, 3.63) is 33.8 Å². The SMILES string of the molecule is CCNCCNS(=O)(=O)Cc1cc(Cl)cc(Cl)c1. The Morgan fingerprint density at radius 1 is 1.11 bits per heavy atom. The van der Waals surface area contributed by atoms with Gasteiger partial charge in [-0.05, 0) is 30.3 Å². The maximum atomic E-state index is 11.8. The number of likely N-dealkylation sites (N-methyl/N-ethyl adjacent to an activating group) is 1. The van der Waals surface area contributed by atoms with E-state index in [0.29, 0.717) is 28.7 Å². The third-order valence-corrected chi connectivity index (χ3v) is 3.95. The van der Waals surface area contributed by atoms with Crippen molar-refractivity contribution in [2.75, 3.05) is 19.6 Å². The van der Waals surface area contributed by atoms with Crippen LogP contribution in [-0.2, 0) is 15.8 Å². The van der Waals surface area contributed by atoms with Crippen molar-refractivity contribution < 1.29 is 8.42 Å². The lowest BCUT2D eigenvalue weighted by Gasteiger charge is -2.07. The average molecular weight is 311 g/mol. The number of nitrogens with one attached hydrogen (secondary N) is 2. The molecule has 1 aromatic carbocycles. The van der Waals surface area contributed by atoms with Gasteiger partial charge in [0.2, 0.25) is 10.0 Å². The quantitative estimate of drug-likeness (QED) is 0.758. The summed E-state index contributed by atoms with van der Waals surface area (Å²) in [6.07, 6.45) is 0. The Kier molecular flexibility index (Phi) is 6.38. The molecule has 1 aromatic rings. The zero-order valence-corrected chi connectivity index (χ0v) is 12.4. The second kappa shape index (κ2) is 7.31. The Labute approximate surface area is 118 Å². The van der Waals surface area contributed by atoms with E-state index in [4.69, 9.17) is 23.2 Å². The minimum atomic E-state index is -3.36. The molecule has 0 unspecified atom stereocenters. The predicted octanol–water partition coefficient (Wildman–Crippen LogP) is 2.02. The number of rotatable bonds is 7. The van der Waals surface area contributed by atoms with E-state index in [-0.39, 0.29) is 5.75 Å². The first kappa shape index (κ1) is 15.7. The molecule has 0 amide bonds. The van der Waals surface area contributed by atoms with Crippen molar-refractivity contribution in [1.82, 2.24) is 10.0 Å². The molecule has 0 saturated carbocycles. The van der Waals surface area contributed by atoms with Gasteiger partial charge in [0.05, 0.1) is 5.75 Å². The summed E-state index contributed by atoms with van der Waals surface area (Å²) in [6.45, 7) is 3.74. The molecular weight excluding hydrogens is 295 g/mol. The number of benzene rings is 1. The van der Waals surface area contributed by atoms with Gasteiger partial charge in [-0.2, -0.15) is 0 Å². The van der Waals surface area contributed by atoms with E-state index in [2.05, 4.69) is 10.0 Å². The monoisotopic (exact) mass is 310 g/mol. The highest BCUT2D eigenvalue weighted by molar-refractivity contribution is 7.88. The van der Waals surface area contributed by atoms with E-state index >= 15 is 0 Å². The Balaban J connectivity index is 2.59. The van der Waals surface area contributed by atoms with Crippen molar-refractivity contribution in [3.63, 3.8) is 0 Å². The lowest BCUT2D eigenvalue weighted by atomic mass is 10.2. The van der Waals surface area contributed by atoms with Crippen LogP contribution in [0.5, 0.6) is 0 Å². The molecule has 0 aromatic heterocycles. The highest BCUT2D eigenvalue weighted by atomic mass is 35.5. The number of hydrogen-bond acceptors (Lipinski definition) is 3. The highest BCUT2D eigenvalue weighted by Gasteiger charge is 2.11. The third-order valence-electron chi connectivity index (χ3n) is 2.15. The van der Waals surface area contributed by atoms with Crippen LogP contribution < -0.4 is 10.0 Å². The fraction of sp³-hybridized carbons (Fsp3) is 0.455. The maximum absolute atomic E-state index is 11.8. The second-order valence-electron chi connectivity index (χ2n) is 3.78. The highest BCUT2D eigenvalue weighted by Crippen LogP contribution is 2.20. The molecule has 7 heteroatoms. The van der Waals surface area contributed by atoms with Gasteiger partial charge in [0.1, 0.15) is 0 Å². The zero-order valence-electron chi connectivity index (χ0n) is 10.0. The molecule has 0 fully saturated rings. The van der Waals surface area contributed by atoms with Crippen LogP contribution in [0.1, 0.15) is 12.5 Å². The van der Waals surface area contributed by atoms with Gasteiger partial charge in [-0.25, -0.2) is 13.1 Å². The van der Waals surface area contributed by atoms with Gasteiger partial charge in [0.15, 0.2) is 0 Å². The molecule has 0 radical (unpaired) electrons. The van der Waals surface area contributed by atoms with Crippen LogP contribution in [0.25, 0.3) is 0 Å². The van der Waals surface area contributed by atoms with Crippen LogP contribution >= 0.6 is 23.2 Å². The fourth-order valence-corrected chi connectivity index (χ4v) is 3.13. The molecule has 2 N–H and O–H groups in total. The van der Waals surface area contributed by atoms with E-state index in [1.807, 2.05) is 6.92 Å². The number of halogens is 2. The molecule has 0 atom stereocenters. The van der Waals surface area contributed by atoms with Gasteiger partial charge >= 0.3 is 0 Å². The molecule has 0 aliphatic heterocycles. The molecule has 0 saturated heterocycles. The van der Waals surface area contributed by atoms with Gasteiger partial charge in [-0.1, -0.05) is 30.1 Å². The minimum Gasteiger partial charge on any atom is -0.316 e. The van der Waals surface area contributed by atoms with Gasteiger partial charge in [-0.15, -0.1) is 0 Å². The molecule has 0 bridgehead atoms. The van der Waals surface area contributed by atoms with Crippen LogP contribution in [-0.4, -0.2) is 28.1 Å². The van der Waals surface area contributed by atoms with E-state index < -0.39 is 10.0 Å². The van der Waals surface area contributed by atoms with Gasteiger partial charge in [-0.3, -0.25) is 0 Å². The first-order valence-electron chi connectivity index (χ1n) is 5.56. The fourth-order valence-electron chi connectivity index (χ4n) is 1.44. The molecule has 4 nitrogen and oxygen atoms in total. The summed E-state index contributed by atoms with van der Waals surface area (Å²) >= 11 is 11.6. The lowest BCUT2D eigenvalue weighted by molar-refractivity contribution is 0.576. The van der Waals surface area contributed by atoms with Gasteiger partial charge in [0, 0.05) is 23.1 Å². The largest absolute Gasteiger partial charge is 0.316 e. The standard InChI is InChI=1S/C11H16Cl2N2O2S/c1-2-14-3-4-15-18(16,17)8-9-5-10(12)7-11(13)6-9/h5-7,14-15H,2-4,8H2,1H3. The Bertz CT molecular complexity index is 472. The second-order valence-corrected chi connectivity index (χ2v) is 6.46. The molecule has 18 heavy (non-hydrogen) atoms. The van der Waals surface area contributed by atoms with Crippen molar-refractivity contribution in [1.29, 1.82) is 0 Å². The van der Waals surface area contributed by atoms with Crippen LogP contribution in [0.3, 0.4) is 0 Å². The Morgan fingerprint density at radius 2 is 1.72 bits per heavy atom. The predicted molar refractivity (Wildman–Crippen MR) is 75.6 cm³/mol. The van der Waals surface area contributed by atoms with E-state index in [1.165, 1.54) is 0 Å². The van der Waals surface area contributed by atoms with Gasteiger partial charge in [0.25, 0.3) is 0 Å². The lowest BCUT2D eigenvalue weighted by Crippen LogP contribution is -2.32. The number of sulfonamides is 1. The molecule has 102 valence electrons. The smallest absolute Gasteiger partial charge is 0.215 e. The van der Waals surface area contributed by atoms with Gasteiger partial charge < -0.3 is 5.32 Å². The van der Waals surface area contributed by atoms with Crippen LogP contribution in [0.2, 0.25) is 10.0 Å². The first-order chi connectivity index (χ1) is 8.43. The summed E-state index contributed by atoms with van der Waals surface area (Å²) in [5, 5.41) is 3.90. The maximum Gasteiger partial charge on any atom is 0.215 e. The van der Waals surface area contributed by atoms with E-state index in [0.717, 1.165) is 6.54 Å². The van der Waals surface area contributed by atoms with Crippen LogP contribution in [0, 0.1) is 0 Å². The normalized spacial score (nSPS) is 11.7. The van der Waals surface area contributed by atoms with Crippen molar-refractivity contribution in [3.8, 4) is 0 Å². The summed E-state index contributed by atoms with van der Waals surface area (Å²) in [7, 11) is -3.36. The van der Waals surface area contributed by atoms with Crippen LogP contribution in [0.4, 0.5) is 0 Å². The molecule has 0 aliphatic rings. The molecule has 0 spiro atoms. The zero-order chi connectivity index (χ0) is 13.6. The summed E-state index contributed by atoms with van der Waals surface area (Å²) in [5.74, 6) is -0.126. The summed E-state index contributed by atoms with van der Waals surface area (Å²) < 4.78 is 26.0. The topological polar surface area (TPSA) is 58.2 Å². The van der Waals surface area contributed by atoms with E-state index in [9.17, 15) is 8.42 Å². The molecule has 0 heterocycles. The molecule has 1 rings (SSSR count). The summed E-state index contributed by atoms with van der Waals surface area (Å²) in [6, 6.07) is 4.76.